The van der Waals surface area contributed by atoms with Gasteiger partial charge in [0.15, 0.2) is 0 Å². The summed E-state index contributed by atoms with van der Waals surface area (Å²) in [4.78, 5) is 4.88. The Labute approximate surface area is 222 Å². The number of aromatic nitrogens is 5. The number of nitrogens with zero attached hydrogens (tertiary/aromatic N) is 5. The number of aryl methyl sites for hydroxylation is 2. The molecular formula is C30H32FN5O2. The van der Waals surface area contributed by atoms with Gasteiger partial charge in [0.05, 0.1) is 40.9 Å². The van der Waals surface area contributed by atoms with Crippen LogP contribution in [0.5, 0.6) is 0 Å². The van der Waals surface area contributed by atoms with Gasteiger partial charge in [-0.25, -0.2) is 9.07 Å². The molecule has 0 unspecified atom stereocenters. The largest absolute Gasteiger partial charge is 0.386 e. The van der Waals surface area contributed by atoms with Gasteiger partial charge in [-0.15, -0.1) is 5.10 Å². The maximum atomic E-state index is 15.7. The monoisotopic (exact) mass is 514 g/mol. The molecule has 0 amide bonds. The predicted molar refractivity (Wildman–Crippen MR) is 145 cm³/mol. The first-order chi connectivity index (χ1) is 18.6. The molecule has 1 N–H and O–H groups in total. The van der Waals surface area contributed by atoms with Crippen LogP contribution in [0.15, 0.2) is 54.7 Å². The molecule has 38 heavy (non-hydrogen) atoms. The van der Waals surface area contributed by atoms with Crippen LogP contribution in [0.3, 0.4) is 0 Å². The van der Waals surface area contributed by atoms with Gasteiger partial charge in [0.2, 0.25) is 0 Å². The lowest BCUT2D eigenvalue weighted by molar-refractivity contribution is 0.0548. The second-order valence-electron chi connectivity index (χ2n) is 10.6. The Hall–Kier alpha value is -3.62. The van der Waals surface area contributed by atoms with Crippen molar-refractivity contribution in [3.63, 3.8) is 0 Å². The van der Waals surface area contributed by atoms with Gasteiger partial charge in [-0.05, 0) is 63.3 Å². The van der Waals surface area contributed by atoms with E-state index in [2.05, 4.69) is 10.3 Å². The number of halogens is 1. The van der Waals surface area contributed by atoms with Gasteiger partial charge < -0.3 is 14.4 Å². The van der Waals surface area contributed by atoms with Crippen molar-refractivity contribution < 1.29 is 15.6 Å². The molecule has 2 aromatic carbocycles. The first-order valence-electron chi connectivity index (χ1n) is 13.5. The molecule has 0 aliphatic carbocycles. The lowest BCUT2D eigenvalue weighted by Crippen LogP contribution is -2.27. The van der Waals surface area contributed by atoms with Crippen LogP contribution >= 0.6 is 0 Å². The number of pyridine rings is 1. The Morgan fingerprint density at radius 1 is 1.13 bits per heavy atom. The molecule has 8 heteroatoms. The van der Waals surface area contributed by atoms with E-state index in [1.165, 1.54) is 6.07 Å². The van der Waals surface area contributed by atoms with Crippen molar-refractivity contribution in [2.24, 2.45) is 13.0 Å². The van der Waals surface area contributed by atoms with Gasteiger partial charge in [-0.3, -0.25) is 4.98 Å². The summed E-state index contributed by atoms with van der Waals surface area (Å²) in [5, 5.41) is 20.1. The second-order valence-corrected chi connectivity index (χ2v) is 10.6. The average molecular weight is 515 g/mol. The topological polar surface area (TPSA) is 78.0 Å². The van der Waals surface area contributed by atoms with Gasteiger partial charge in [0, 0.05) is 43.0 Å². The van der Waals surface area contributed by atoms with Crippen molar-refractivity contribution in [1.29, 1.82) is 0 Å². The molecule has 3 aromatic heterocycles. The normalized spacial score (nSPS) is 17.2. The quantitative estimate of drug-likeness (QED) is 0.327. The molecule has 6 rings (SSSR count). The van der Waals surface area contributed by atoms with Crippen molar-refractivity contribution in [1.82, 2.24) is 24.5 Å². The van der Waals surface area contributed by atoms with Crippen molar-refractivity contribution in [2.75, 3.05) is 13.2 Å². The molecule has 1 aliphatic rings. The van der Waals surface area contributed by atoms with E-state index in [1.807, 2.05) is 42.8 Å². The zero-order valence-electron chi connectivity index (χ0n) is 23.1. The lowest BCUT2D eigenvalue weighted by Gasteiger charge is -2.33. The summed E-state index contributed by atoms with van der Waals surface area (Å²) in [6, 6.07) is 12.8. The van der Waals surface area contributed by atoms with Gasteiger partial charge >= 0.3 is 0 Å². The van der Waals surface area contributed by atoms with E-state index < -0.39 is 17.4 Å². The summed E-state index contributed by atoms with van der Waals surface area (Å²) in [6.07, 6.45) is 3.02. The maximum absolute atomic E-state index is 15.7. The zero-order chi connectivity index (χ0) is 27.5. The van der Waals surface area contributed by atoms with Crippen LogP contribution in [0.1, 0.15) is 50.9 Å². The molecule has 1 fully saturated rings. The van der Waals surface area contributed by atoms with Gasteiger partial charge in [0.25, 0.3) is 0 Å². The van der Waals surface area contributed by atoms with E-state index in [1.54, 1.807) is 42.9 Å². The van der Waals surface area contributed by atoms with Gasteiger partial charge in [0.1, 0.15) is 5.82 Å². The Bertz CT molecular complexity index is 1680. The fraction of sp³-hybridized carbons (Fsp3) is 0.367. The Kier molecular flexibility index (Phi) is 5.74. The molecule has 0 bridgehead atoms. The smallest absolute Gasteiger partial charge is 0.128 e. The second kappa shape index (κ2) is 9.29. The molecule has 1 saturated heterocycles. The van der Waals surface area contributed by atoms with Crippen LogP contribution in [0.2, 0.25) is 0 Å². The molecule has 196 valence electrons. The van der Waals surface area contributed by atoms with E-state index >= 15 is 4.39 Å². The van der Waals surface area contributed by atoms with E-state index in [9.17, 15) is 6.48 Å². The molecule has 1 aliphatic heterocycles. The fourth-order valence-electron chi connectivity index (χ4n) is 5.67. The standard InChI is InChI=1S/C30H32FN5O2/c1-18-28(35(4)34-33-18)20-15-26-27(32-17-20)23-10-9-21(30(2,3)37)16-25(23)36(26)29(19-11-13-38-14-12-19)22-7-5-6-8-24(22)31/h5-10,15-17,19,29,37H,11-14H2,1-4H3/t29-/m0/s1/i29D. The van der Waals surface area contributed by atoms with Crippen LogP contribution in [0.25, 0.3) is 33.2 Å². The average Bonchev–Trinajstić information content (AvgIpc) is 3.43. The molecule has 1 atom stereocenters. The zero-order valence-corrected chi connectivity index (χ0v) is 22.1. The predicted octanol–water partition coefficient (Wildman–Crippen LogP) is 5.68. The van der Waals surface area contributed by atoms with Crippen LogP contribution in [-0.4, -0.2) is 42.9 Å². The minimum Gasteiger partial charge on any atom is -0.386 e. The minimum atomic E-state index is -1.51. The SMILES string of the molecule is [2H][C@@](c1ccccc1F)(C1CCOCC1)n1c2cc(C(C)(C)O)ccc2c2ncc(-c3c(C)nnn3C)cc21. The number of ether oxygens (including phenoxy) is 1. The third-order valence-electron chi connectivity index (χ3n) is 7.58. The first-order valence-corrected chi connectivity index (χ1v) is 13.0. The molecule has 0 radical (unpaired) electrons. The number of hydrogen-bond acceptors (Lipinski definition) is 5. The summed E-state index contributed by atoms with van der Waals surface area (Å²) < 4.78 is 35.2. The Balaban J connectivity index is 1.76. The van der Waals surface area contributed by atoms with Crippen molar-refractivity contribution in [2.45, 2.75) is 45.2 Å². The summed E-state index contributed by atoms with van der Waals surface area (Å²) in [5.74, 6) is -0.653. The van der Waals surface area contributed by atoms with E-state index in [4.69, 9.17) is 9.72 Å². The van der Waals surface area contributed by atoms with E-state index in [0.29, 0.717) is 48.2 Å². The van der Waals surface area contributed by atoms with Crippen LogP contribution < -0.4 is 0 Å². The molecular weight excluding hydrogens is 481 g/mol. The van der Waals surface area contributed by atoms with E-state index in [-0.39, 0.29) is 5.92 Å². The molecule has 7 nitrogen and oxygen atoms in total. The van der Waals surface area contributed by atoms with Gasteiger partial charge in [-0.1, -0.05) is 35.5 Å². The number of hydrogen-bond donors (Lipinski definition) is 1. The third-order valence-corrected chi connectivity index (χ3v) is 7.58. The van der Waals surface area contributed by atoms with E-state index in [0.717, 1.165) is 27.9 Å². The van der Waals surface area contributed by atoms with Crippen molar-refractivity contribution in [3.8, 4) is 11.3 Å². The minimum absolute atomic E-state index is 0.225. The highest BCUT2D eigenvalue weighted by Crippen LogP contribution is 2.42. The maximum Gasteiger partial charge on any atom is 0.128 e. The molecule has 5 aromatic rings. The molecule has 4 heterocycles. The highest BCUT2D eigenvalue weighted by Gasteiger charge is 2.32. The highest BCUT2D eigenvalue weighted by molar-refractivity contribution is 6.07. The summed E-state index contributed by atoms with van der Waals surface area (Å²) in [7, 11) is 1.83. The fourth-order valence-corrected chi connectivity index (χ4v) is 5.67. The number of rotatable bonds is 5. The number of fused-ring (bicyclic) bond motifs is 3. The summed E-state index contributed by atoms with van der Waals surface area (Å²) in [5.41, 5.74) is 4.44. The number of benzene rings is 2. The Morgan fingerprint density at radius 2 is 1.89 bits per heavy atom. The third kappa shape index (κ3) is 4.08. The summed E-state index contributed by atoms with van der Waals surface area (Å²) >= 11 is 0. The Morgan fingerprint density at radius 3 is 2.58 bits per heavy atom. The van der Waals surface area contributed by atoms with Crippen LogP contribution in [-0.2, 0) is 17.4 Å². The van der Waals surface area contributed by atoms with Crippen molar-refractivity contribution >= 4 is 21.9 Å². The van der Waals surface area contributed by atoms with Gasteiger partial charge in [-0.2, -0.15) is 0 Å². The molecule has 0 spiro atoms. The highest BCUT2D eigenvalue weighted by atomic mass is 19.1. The van der Waals surface area contributed by atoms with Crippen LogP contribution in [0.4, 0.5) is 4.39 Å². The van der Waals surface area contributed by atoms with Crippen LogP contribution in [0, 0.1) is 18.7 Å². The first kappa shape index (κ1) is 23.5. The summed E-state index contributed by atoms with van der Waals surface area (Å²) in [6.45, 7) is 6.39. The lowest BCUT2D eigenvalue weighted by atomic mass is 9.86. The number of aliphatic hydroxyl groups is 1. The molecule has 0 saturated carbocycles. The van der Waals surface area contributed by atoms with Crippen molar-refractivity contribution in [3.05, 3.63) is 77.4 Å².